The first-order valence-electron chi connectivity index (χ1n) is 5.73. The van der Waals surface area contributed by atoms with Crippen LogP contribution in [0.1, 0.15) is 23.2 Å². The van der Waals surface area contributed by atoms with E-state index in [1.54, 1.807) is 6.08 Å². The maximum Gasteiger partial charge on any atom is 0.338 e. The Balaban J connectivity index is 2.57. The van der Waals surface area contributed by atoms with Crippen molar-refractivity contribution in [2.24, 2.45) is 0 Å². The molecule has 0 atom stereocenters. The van der Waals surface area contributed by atoms with Gasteiger partial charge in [-0.25, -0.2) is 14.0 Å². The van der Waals surface area contributed by atoms with E-state index in [0.29, 0.717) is 6.54 Å². The lowest BCUT2D eigenvalue weighted by atomic mass is 10.2. The molecule has 0 radical (unpaired) electrons. The van der Waals surface area contributed by atoms with Crippen LogP contribution < -0.4 is 10.6 Å². The highest BCUT2D eigenvalue weighted by Crippen LogP contribution is 2.14. The topological polar surface area (TPSA) is 78.4 Å². The molecule has 1 aromatic rings. The number of rotatable bonds is 6. The fourth-order valence-electron chi connectivity index (χ4n) is 1.39. The lowest BCUT2D eigenvalue weighted by molar-refractivity contribution is 0.0692. The predicted molar refractivity (Wildman–Crippen MR) is 69.8 cm³/mol. The lowest BCUT2D eigenvalue weighted by Gasteiger charge is -2.08. The molecule has 5 nitrogen and oxygen atoms in total. The zero-order valence-electron chi connectivity index (χ0n) is 10.3. The standard InChI is InChI=1S/C13H15FN2O3/c1-2-3-4-7-15-13(19)16-9-5-6-11(14)10(8-9)12(17)18/h2,5-6,8H,1,3-4,7H2,(H,17,18)(H2,15,16,19). The molecular weight excluding hydrogens is 251 g/mol. The number of carboxylic acid groups (broad SMARTS) is 1. The van der Waals surface area contributed by atoms with Gasteiger partial charge in [-0.05, 0) is 31.0 Å². The summed E-state index contributed by atoms with van der Waals surface area (Å²) in [4.78, 5) is 22.2. The van der Waals surface area contributed by atoms with E-state index >= 15 is 0 Å². The molecule has 0 fully saturated rings. The number of carbonyl (C=O) groups excluding carboxylic acids is 1. The second-order valence-electron chi connectivity index (χ2n) is 3.81. The van der Waals surface area contributed by atoms with Gasteiger partial charge in [-0.2, -0.15) is 0 Å². The maximum atomic E-state index is 13.1. The molecule has 0 bridgehead atoms. The smallest absolute Gasteiger partial charge is 0.338 e. The number of amides is 2. The quantitative estimate of drug-likeness (QED) is 0.547. The summed E-state index contributed by atoms with van der Waals surface area (Å²) in [5, 5.41) is 13.8. The monoisotopic (exact) mass is 266 g/mol. The number of benzene rings is 1. The van der Waals surface area contributed by atoms with Gasteiger partial charge in [0.05, 0.1) is 5.56 Å². The molecule has 0 aliphatic heterocycles. The molecule has 0 aliphatic rings. The van der Waals surface area contributed by atoms with E-state index in [2.05, 4.69) is 17.2 Å². The van der Waals surface area contributed by atoms with E-state index in [1.807, 2.05) is 0 Å². The molecule has 0 aliphatic carbocycles. The first kappa shape index (κ1) is 14.7. The van der Waals surface area contributed by atoms with Crippen LogP contribution in [-0.4, -0.2) is 23.7 Å². The third-order valence-corrected chi connectivity index (χ3v) is 2.33. The molecule has 0 unspecified atom stereocenters. The number of carboxylic acids is 1. The highest BCUT2D eigenvalue weighted by Gasteiger charge is 2.11. The van der Waals surface area contributed by atoms with Crippen LogP contribution in [0.15, 0.2) is 30.9 Å². The van der Waals surface area contributed by atoms with Crippen LogP contribution in [0, 0.1) is 5.82 Å². The Morgan fingerprint density at radius 3 is 2.79 bits per heavy atom. The molecule has 2 amide bonds. The zero-order valence-corrected chi connectivity index (χ0v) is 10.3. The highest BCUT2D eigenvalue weighted by atomic mass is 19.1. The predicted octanol–water partition coefficient (Wildman–Crippen LogP) is 2.61. The number of aromatic carboxylic acids is 1. The van der Waals surface area contributed by atoms with Gasteiger partial charge >= 0.3 is 12.0 Å². The fourth-order valence-corrected chi connectivity index (χ4v) is 1.39. The number of hydrogen-bond acceptors (Lipinski definition) is 2. The van der Waals surface area contributed by atoms with E-state index in [9.17, 15) is 14.0 Å². The molecule has 0 saturated heterocycles. The van der Waals surface area contributed by atoms with Crippen LogP contribution in [0.25, 0.3) is 0 Å². The maximum absolute atomic E-state index is 13.1. The van der Waals surface area contributed by atoms with Crippen molar-refractivity contribution < 1.29 is 19.1 Å². The first-order valence-corrected chi connectivity index (χ1v) is 5.73. The minimum Gasteiger partial charge on any atom is -0.478 e. The molecule has 0 heterocycles. The summed E-state index contributed by atoms with van der Waals surface area (Å²) in [5.41, 5.74) is -0.260. The van der Waals surface area contributed by atoms with Crippen molar-refractivity contribution >= 4 is 17.7 Å². The van der Waals surface area contributed by atoms with Gasteiger partial charge in [-0.15, -0.1) is 6.58 Å². The fraction of sp³-hybridized carbons (Fsp3) is 0.231. The Morgan fingerprint density at radius 2 is 2.16 bits per heavy atom. The van der Waals surface area contributed by atoms with Crippen LogP contribution in [0.5, 0.6) is 0 Å². The molecule has 19 heavy (non-hydrogen) atoms. The average Bonchev–Trinajstić information content (AvgIpc) is 2.36. The zero-order chi connectivity index (χ0) is 14.3. The lowest BCUT2D eigenvalue weighted by Crippen LogP contribution is -2.29. The largest absolute Gasteiger partial charge is 0.478 e. The van der Waals surface area contributed by atoms with Crippen LogP contribution in [0.2, 0.25) is 0 Å². The number of unbranched alkanes of at least 4 members (excludes halogenated alkanes) is 1. The van der Waals surface area contributed by atoms with Crippen molar-refractivity contribution in [2.75, 3.05) is 11.9 Å². The Labute approximate surface area is 110 Å². The Hall–Kier alpha value is -2.37. The van der Waals surface area contributed by atoms with Gasteiger partial charge in [0.15, 0.2) is 0 Å². The normalized spacial score (nSPS) is 9.74. The molecule has 1 aromatic carbocycles. The van der Waals surface area contributed by atoms with Crippen molar-refractivity contribution in [1.82, 2.24) is 5.32 Å². The molecule has 3 N–H and O–H groups in total. The summed E-state index contributed by atoms with van der Waals surface area (Å²) in [6.07, 6.45) is 3.30. The summed E-state index contributed by atoms with van der Waals surface area (Å²) < 4.78 is 13.1. The third-order valence-electron chi connectivity index (χ3n) is 2.33. The number of anilines is 1. The molecule has 102 valence electrons. The first-order chi connectivity index (χ1) is 9.04. The van der Waals surface area contributed by atoms with Crippen LogP contribution in [-0.2, 0) is 0 Å². The third kappa shape index (κ3) is 4.79. The minimum absolute atomic E-state index is 0.222. The van der Waals surface area contributed by atoms with Gasteiger partial charge in [0.1, 0.15) is 5.82 Å². The average molecular weight is 266 g/mol. The van der Waals surface area contributed by atoms with Crippen LogP contribution in [0.3, 0.4) is 0 Å². The summed E-state index contributed by atoms with van der Waals surface area (Å²) in [5.74, 6) is -2.23. The number of urea groups is 1. The highest BCUT2D eigenvalue weighted by molar-refractivity contribution is 5.93. The second kappa shape index (κ2) is 7.15. The molecular formula is C13H15FN2O3. The molecule has 6 heteroatoms. The van der Waals surface area contributed by atoms with Crippen molar-refractivity contribution in [3.05, 3.63) is 42.2 Å². The van der Waals surface area contributed by atoms with E-state index in [0.717, 1.165) is 25.0 Å². The SMILES string of the molecule is C=CCCCNC(=O)Nc1ccc(F)c(C(=O)O)c1. The number of hydrogen-bond donors (Lipinski definition) is 3. The van der Waals surface area contributed by atoms with Crippen molar-refractivity contribution in [3.63, 3.8) is 0 Å². The van der Waals surface area contributed by atoms with Crippen LogP contribution >= 0.6 is 0 Å². The van der Waals surface area contributed by atoms with Crippen molar-refractivity contribution in [2.45, 2.75) is 12.8 Å². The summed E-state index contributed by atoms with van der Waals surface area (Å²) in [6, 6.07) is 2.90. The molecule has 0 aromatic heterocycles. The minimum atomic E-state index is -1.38. The van der Waals surface area contributed by atoms with E-state index in [1.165, 1.54) is 6.07 Å². The van der Waals surface area contributed by atoms with Crippen molar-refractivity contribution in [3.8, 4) is 0 Å². The Morgan fingerprint density at radius 1 is 1.42 bits per heavy atom. The van der Waals surface area contributed by atoms with Gasteiger partial charge in [0, 0.05) is 12.2 Å². The van der Waals surface area contributed by atoms with Gasteiger partial charge in [-0.3, -0.25) is 0 Å². The summed E-state index contributed by atoms with van der Waals surface area (Å²) >= 11 is 0. The number of halogens is 1. The Bertz CT molecular complexity index is 489. The summed E-state index contributed by atoms with van der Waals surface area (Å²) in [7, 11) is 0. The number of allylic oxidation sites excluding steroid dienone is 1. The van der Waals surface area contributed by atoms with E-state index in [4.69, 9.17) is 5.11 Å². The Kier molecular flexibility index (Phi) is 5.53. The van der Waals surface area contributed by atoms with Gasteiger partial charge in [0.25, 0.3) is 0 Å². The molecule has 0 saturated carbocycles. The second-order valence-corrected chi connectivity index (χ2v) is 3.81. The van der Waals surface area contributed by atoms with Gasteiger partial charge < -0.3 is 15.7 Å². The summed E-state index contributed by atoms with van der Waals surface area (Å²) in [6.45, 7) is 4.04. The molecule has 1 rings (SSSR count). The van der Waals surface area contributed by atoms with Crippen LogP contribution in [0.4, 0.5) is 14.9 Å². The van der Waals surface area contributed by atoms with Crippen molar-refractivity contribution in [1.29, 1.82) is 0 Å². The number of carbonyl (C=O) groups is 2. The van der Waals surface area contributed by atoms with E-state index < -0.39 is 23.4 Å². The number of nitrogens with one attached hydrogen (secondary N) is 2. The van der Waals surface area contributed by atoms with Gasteiger partial charge in [-0.1, -0.05) is 6.08 Å². The van der Waals surface area contributed by atoms with E-state index in [-0.39, 0.29) is 5.69 Å². The molecule has 0 spiro atoms. The van der Waals surface area contributed by atoms with Gasteiger partial charge in [0.2, 0.25) is 0 Å².